The molecule has 0 unspecified atom stereocenters. The zero-order valence-corrected chi connectivity index (χ0v) is 31.0. The van der Waals surface area contributed by atoms with Gasteiger partial charge < -0.3 is 9.47 Å². The fourth-order valence-corrected chi connectivity index (χ4v) is 7.97. The number of para-hydroxylation sites is 3. The molecule has 0 bridgehead atoms. The van der Waals surface area contributed by atoms with Gasteiger partial charge in [-0.3, -0.25) is 0 Å². The molecular weight excluding hydrogens is 657 g/mol. The number of nitrogens with zero attached hydrogens (tertiary/aromatic N) is 4. The zero-order valence-electron chi connectivity index (χ0n) is 31.0. The smallest absolute Gasteiger partial charge is 0.160 e. The van der Waals surface area contributed by atoms with E-state index in [4.69, 9.17) is 9.97 Å². The van der Waals surface area contributed by atoms with Crippen molar-refractivity contribution in [2.75, 3.05) is 4.90 Å². The van der Waals surface area contributed by atoms with Gasteiger partial charge in [0.15, 0.2) is 5.82 Å². The summed E-state index contributed by atoms with van der Waals surface area (Å²) in [6.07, 6.45) is 0. The summed E-state index contributed by atoms with van der Waals surface area (Å²) in [6.45, 7) is 8.68. The lowest BCUT2D eigenvalue weighted by Gasteiger charge is -2.25. The second kappa shape index (κ2) is 13.6. The van der Waals surface area contributed by atoms with E-state index in [1.54, 1.807) is 0 Å². The van der Waals surface area contributed by atoms with Crippen LogP contribution in [0.5, 0.6) is 0 Å². The van der Waals surface area contributed by atoms with E-state index < -0.39 is 0 Å². The minimum atomic E-state index is 0.741. The Morgan fingerprint density at radius 2 is 0.944 bits per heavy atom. The highest BCUT2D eigenvalue weighted by Gasteiger charge is 2.20. The molecule has 0 spiro atoms. The molecule has 0 N–H and O–H groups in total. The van der Waals surface area contributed by atoms with Crippen LogP contribution in [0.1, 0.15) is 22.3 Å². The second-order valence-electron chi connectivity index (χ2n) is 14.1. The minimum Gasteiger partial charge on any atom is -0.310 e. The number of aryl methyl sites for hydroxylation is 4. The van der Waals surface area contributed by atoms with Gasteiger partial charge in [-0.15, -0.1) is 0 Å². The Morgan fingerprint density at radius 3 is 1.59 bits per heavy atom. The molecule has 0 fully saturated rings. The molecule has 7 aromatic carbocycles. The molecule has 0 amide bonds. The number of benzene rings is 7. The quantitative estimate of drug-likeness (QED) is 0.166. The highest BCUT2D eigenvalue weighted by molar-refractivity contribution is 6.10. The maximum Gasteiger partial charge on any atom is 0.160 e. The monoisotopic (exact) mass is 696 g/mol. The van der Waals surface area contributed by atoms with Crippen LogP contribution < -0.4 is 4.90 Å². The van der Waals surface area contributed by atoms with Crippen LogP contribution in [0.25, 0.3) is 61.4 Å². The van der Waals surface area contributed by atoms with Crippen LogP contribution in [0.15, 0.2) is 170 Å². The molecule has 0 aliphatic carbocycles. The van der Waals surface area contributed by atoms with Crippen LogP contribution in [-0.2, 0) is 0 Å². The van der Waals surface area contributed by atoms with Gasteiger partial charge in [-0.05, 0) is 117 Å². The number of hydrogen-bond donors (Lipinski definition) is 0. The molecule has 9 aromatic rings. The van der Waals surface area contributed by atoms with Crippen LogP contribution in [0.4, 0.5) is 17.1 Å². The van der Waals surface area contributed by atoms with Crippen molar-refractivity contribution in [3.05, 3.63) is 192 Å². The van der Waals surface area contributed by atoms with Crippen molar-refractivity contribution in [1.29, 1.82) is 0 Å². The van der Waals surface area contributed by atoms with E-state index >= 15 is 0 Å². The normalized spacial score (nSPS) is 11.3. The van der Waals surface area contributed by atoms with Crippen molar-refractivity contribution in [1.82, 2.24) is 14.5 Å². The Kier molecular flexibility index (Phi) is 8.36. The standard InChI is InChI=1S/C50H40N4/c1-33-17-11-13-23-41(33)45-32-46(52-50(51-45)42-24-14-12-18-34(42)2)49-35(3)29-40(30-36(49)4)54-47-26-16-15-25-43(47)44-31-39(27-28-48(44)54)53(37-19-7-5-8-20-37)38-21-9-6-10-22-38/h5-32H,1-4H3. The summed E-state index contributed by atoms with van der Waals surface area (Å²) >= 11 is 0. The second-order valence-corrected chi connectivity index (χ2v) is 14.1. The Bertz CT molecular complexity index is 2690. The fraction of sp³-hybridized carbons (Fsp3) is 0.0800. The minimum absolute atomic E-state index is 0.741. The summed E-state index contributed by atoms with van der Waals surface area (Å²) in [5.74, 6) is 0.741. The Morgan fingerprint density at radius 1 is 0.407 bits per heavy atom. The van der Waals surface area contributed by atoms with E-state index in [1.165, 1.54) is 27.4 Å². The van der Waals surface area contributed by atoms with E-state index in [-0.39, 0.29) is 0 Å². The maximum absolute atomic E-state index is 5.26. The molecule has 4 nitrogen and oxygen atoms in total. The molecule has 2 aromatic heterocycles. The van der Waals surface area contributed by atoms with Gasteiger partial charge in [0.05, 0.1) is 22.4 Å². The van der Waals surface area contributed by atoms with E-state index in [1.807, 2.05) is 0 Å². The topological polar surface area (TPSA) is 34.0 Å². The molecule has 0 saturated carbocycles. The largest absolute Gasteiger partial charge is 0.310 e. The van der Waals surface area contributed by atoms with E-state index in [0.29, 0.717) is 0 Å². The van der Waals surface area contributed by atoms with E-state index in [2.05, 4.69) is 207 Å². The van der Waals surface area contributed by atoms with Crippen molar-refractivity contribution in [2.45, 2.75) is 27.7 Å². The summed E-state index contributed by atoms with van der Waals surface area (Å²) < 4.78 is 2.41. The molecule has 2 heterocycles. The SMILES string of the molecule is Cc1ccccc1-c1cc(-c2c(C)cc(-n3c4ccccc4c4cc(N(c5ccccc5)c5ccccc5)ccc43)cc2C)nc(-c2ccccc2C)n1. The third kappa shape index (κ3) is 5.82. The zero-order chi connectivity index (χ0) is 36.8. The van der Waals surface area contributed by atoms with Crippen molar-refractivity contribution >= 4 is 38.9 Å². The van der Waals surface area contributed by atoms with Crippen molar-refractivity contribution in [2.24, 2.45) is 0 Å². The van der Waals surface area contributed by atoms with Crippen LogP contribution in [-0.4, -0.2) is 14.5 Å². The first-order chi connectivity index (χ1) is 26.4. The first kappa shape index (κ1) is 33.1. The molecule has 9 rings (SSSR count). The molecule has 54 heavy (non-hydrogen) atoms. The van der Waals surface area contributed by atoms with Crippen molar-refractivity contribution in [3.63, 3.8) is 0 Å². The molecule has 260 valence electrons. The summed E-state index contributed by atoms with van der Waals surface area (Å²) in [7, 11) is 0. The summed E-state index contributed by atoms with van der Waals surface area (Å²) in [5, 5.41) is 2.43. The highest BCUT2D eigenvalue weighted by Crippen LogP contribution is 2.41. The fourth-order valence-electron chi connectivity index (χ4n) is 7.97. The van der Waals surface area contributed by atoms with E-state index in [0.717, 1.165) is 73.3 Å². The van der Waals surface area contributed by atoms with Crippen LogP contribution >= 0.6 is 0 Å². The number of aromatic nitrogens is 3. The first-order valence-corrected chi connectivity index (χ1v) is 18.5. The van der Waals surface area contributed by atoms with E-state index in [9.17, 15) is 0 Å². The molecule has 0 aliphatic rings. The summed E-state index contributed by atoms with van der Waals surface area (Å²) in [5.41, 5.74) is 16.6. The van der Waals surface area contributed by atoms with Gasteiger partial charge in [-0.2, -0.15) is 0 Å². The van der Waals surface area contributed by atoms with Crippen LogP contribution in [0.3, 0.4) is 0 Å². The van der Waals surface area contributed by atoms with Gasteiger partial charge >= 0.3 is 0 Å². The Labute approximate surface area is 316 Å². The Hall–Kier alpha value is -6.78. The lowest BCUT2D eigenvalue weighted by atomic mass is 9.96. The number of hydrogen-bond acceptors (Lipinski definition) is 3. The molecule has 0 aliphatic heterocycles. The maximum atomic E-state index is 5.26. The van der Waals surface area contributed by atoms with Gasteiger partial charge in [0.1, 0.15) is 0 Å². The van der Waals surface area contributed by atoms with Gasteiger partial charge in [0, 0.05) is 50.2 Å². The summed E-state index contributed by atoms with van der Waals surface area (Å²) in [4.78, 5) is 12.7. The highest BCUT2D eigenvalue weighted by atomic mass is 15.1. The number of rotatable bonds is 7. The lowest BCUT2D eigenvalue weighted by molar-refractivity contribution is 1.14. The predicted octanol–water partition coefficient (Wildman–Crippen LogP) is 13.3. The average molecular weight is 697 g/mol. The third-order valence-electron chi connectivity index (χ3n) is 10.5. The first-order valence-electron chi connectivity index (χ1n) is 18.5. The third-order valence-corrected chi connectivity index (χ3v) is 10.5. The lowest BCUT2D eigenvalue weighted by Crippen LogP contribution is -2.09. The molecule has 4 heteroatoms. The molecule has 0 atom stereocenters. The van der Waals surface area contributed by atoms with Gasteiger partial charge in [-0.1, -0.05) is 103 Å². The van der Waals surface area contributed by atoms with Crippen LogP contribution in [0, 0.1) is 27.7 Å². The van der Waals surface area contributed by atoms with Gasteiger partial charge in [-0.25, -0.2) is 9.97 Å². The Balaban J connectivity index is 1.21. The van der Waals surface area contributed by atoms with Gasteiger partial charge in [0.2, 0.25) is 0 Å². The average Bonchev–Trinajstić information content (AvgIpc) is 3.53. The predicted molar refractivity (Wildman–Crippen MR) is 226 cm³/mol. The number of fused-ring (bicyclic) bond motifs is 3. The molecule has 0 saturated heterocycles. The molecular formula is C50H40N4. The molecule has 0 radical (unpaired) electrons. The van der Waals surface area contributed by atoms with Crippen molar-refractivity contribution < 1.29 is 0 Å². The van der Waals surface area contributed by atoms with Crippen molar-refractivity contribution in [3.8, 4) is 39.6 Å². The van der Waals surface area contributed by atoms with Crippen LogP contribution in [0.2, 0.25) is 0 Å². The van der Waals surface area contributed by atoms with Gasteiger partial charge in [0.25, 0.3) is 0 Å². The summed E-state index contributed by atoms with van der Waals surface area (Å²) in [6, 6.07) is 60.4. The number of anilines is 3.